The van der Waals surface area contributed by atoms with E-state index in [0.717, 1.165) is 35.2 Å². The van der Waals surface area contributed by atoms with Gasteiger partial charge in [0.25, 0.3) is 0 Å². The molecule has 0 radical (unpaired) electrons. The number of carbonyl (C=O) groups excluding carboxylic acids is 1. The van der Waals surface area contributed by atoms with Crippen molar-refractivity contribution in [1.82, 2.24) is 14.8 Å². The number of rotatable bonds is 6. The van der Waals surface area contributed by atoms with Gasteiger partial charge in [0.05, 0.1) is 12.3 Å². The summed E-state index contributed by atoms with van der Waals surface area (Å²) in [4.78, 5) is 15.0. The van der Waals surface area contributed by atoms with Crippen LogP contribution in [0.25, 0.3) is 11.4 Å². The molecule has 5 nitrogen and oxygen atoms in total. The number of para-hydroxylation sites is 1. The van der Waals surface area contributed by atoms with Crippen LogP contribution in [0.5, 0.6) is 0 Å². The van der Waals surface area contributed by atoms with Crippen LogP contribution in [-0.2, 0) is 23.2 Å². The molecule has 2 heterocycles. The molecule has 1 aromatic heterocycles. The highest BCUT2D eigenvalue weighted by molar-refractivity contribution is 7.99. The monoisotopic (exact) mass is 482 g/mol. The third-order valence-electron chi connectivity index (χ3n) is 6.42. The number of amides is 1. The molecule has 0 saturated heterocycles. The van der Waals surface area contributed by atoms with Gasteiger partial charge in [-0.05, 0) is 34.6 Å². The van der Waals surface area contributed by atoms with E-state index in [1.165, 1.54) is 28.5 Å². The summed E-state index contributed by atoms with van der Waals surface area (Å²) in [5.41, 5.74) is 5.82. The first-order valence-electron chi connectivity index (χ1n) is 12.0. The Kier molecular flexibility index (Phi) is 6.48. The normalized spacial score (nSPS) is 13.2. The van der Waals surface area contributed by atoms with Crippen molar-refractivity contribution in [2.24, 2.45) is 0 Å². The van der Waals surface area contributed by atoms with Gasteiger partial charge in [0.1, 0.15) is 0 Å². The standard InChI is InChI=1S/C29H30N4OS/c1-29(2,3)24-15-13-23(14-16-24)27-30-31-28(33(27)19-21-9-5-4-6-10-21)35-20-26(34)32-18-17-22-11-7-8-12-25(22)32/h4-16H,17-20H2,1-3H3. The molecule has 178 valence electrons. The Morgan fingerprint density at radius 3 is 2.37 bits per heavy atom. The van der Waals surface area contributed by atoms with Gasteiger partial charge in [0, 0.05) is 17.8 Å². The quantitative estimate of drug-likeness (QED) is 0.318. The van der Waals surface area contributed by atoms with Crippen molar-refractivity contribution >= 4 is 23.4 Å². The maximum atomic E-state index is 13.1. The average molecular weight is 483 g/mol. The minimum Gasteiger partial charge on any atom is -0.311 e. The Balaban J connectivity index is 1.40. The number of hydrogen-bond donors (Lipinski definition) is 0. The Bertz CT molecular complexity index is 1320. The summed E-state index contributed by atoms with van der Waals surface area (Å²) in [5, 5.41) is 9.82. The lowest BCUT2D eigenvalue weighted by Crippen LogP contribution is -2.30. The molecule has 35 heavy (non-hydrogen) atoms. The van der Waals surface area contributed by atoms with E-state index in [4.69, 9.17) is 0 Å². The lowest BCUT2D eigenvalue weighted by Gasteiger charge is -2.19. The van der Waals surface area contributed by atoms with Crippen LogP contribution in [0.2, 0.25) is 0 Å². The second-order valence-electron chi connectivity index (χ2n) is 9.92. The van der Waals surface area contributed by atoms with E-state index in [1.807, 2.05) is 41.3 Å². The number of benzene rings is 3. The largest absolute Gasteiger partial charge is 0.311 e. The molecule has 1 aliphatic rings. The molecular formula is C29H30N4OS. The Labute approximate surface area is 211 Å². The molecule has 0 saturated carbocycles. The zero-order chi connectivity index (χ0) is 24.4. The van der Waals surface area contributed by atoms with E-state index < -0.39 is 0 Å². The smallest absolute Gasteiger partial charge is 0.237 e. The zero-order valence-electron chi connectivity index (χ0n) is 20.4. The number of anilines is 1. The SMILES string of the molecule is CC(C)(C)c1ccc(-c2nnc(SCC(=O)N3CCc4ccccc43)n2Cc2ccccc2)cc1. The minimum atomic E-state index is 0.0891. The number of aromatic nitrogens is 3. The molecule has 0 aliphatic carbocycles. The van der Waals surface area contributed by atoms with E-state index in [9.17, 15) is 4.79 Å². The van der Waals surface area contributed by atoms with Gasteiger partial charge in [-0.15, -0.1) is 10.2 Å². The van der Waals surface area contributed by atoms with Gasteiger partial charge < -0.3 is 4.90 Å². The number of nitrogens with zero attached hydrogens (tertiary/aromatic N) is 4. The van der Waals surface area contributed by atoms with Crippen molar-refractivity contribution in [3.8, 4) is 11.4 Å². The van der Waals surface area contributed by atoms with E-state index in [0.29, 0.717) is 12.3 Å². The molecule has 1 amide bonds. The maximum absolute atomic E-state index is 13.1. The van der Waals surface area contributed by atoms with Gasteiger partial charge in [-0.1, -0.05) is 105 Å². The van der Waals surface area contributed by atoms with Crippen molar-refractivity contribution in [3.63, 3.8) is 0 Å². The molecule has 0 spiro atoms. The fourth-order valence-corrected chi connectivity index (χ4v) is 5.25. The second-order valence-corrected chi connectivity index (χ2v) is 10.9. The van der Waals surface area contributed by atoms with Crippen molar-refractivity contribution in [2.75, 3.05) is 17.2 Å². The van der Waals surface area contributed by atoms with E-state index in [-0.39, 0.29) is 11.3 Å². The van der Waals surface area contributed by atoms with Crippen molar-refractivity contribution in [3.05, 3.63) is 95.6 Å². The van der Waals surface area contributed by atoms with Crippen molar-refractivity contribution in [2.45, 2.75) is 44.3 Å². The molecule has 0 atom stereocenters. The number of hydrogen-bond acceptors (Lipinski definition) is 4. The average Bonchev–Trinajstić information content (AvgIpc) is 3.47. The van der Waals surface area contributed by atoms with Crippen LogP contribution in [0.15, 0.2) is 84.0 Å². The molecule has 0 unspecified atom stereocenters. The molecule has 0 N–H and O–H groups in total. The third kappa shape index (κ3) is 5.03. The Morgan fingerprint density at radius 2 is 1.63 bits per heavy atom. The fraction of sp³-hybridized carbons (Fsp3) is 0.276. The maximum Gasteiger partial charge on any atom is 0.237 e. The van der Waals surface area contributed by atoms with Gasteiger partial charge in [0.2, 0.25) is 5.91 Å². The Morgan fingerprint density at radius 1 is 0.914 bits per heavy atom. The first-order chi connectivity index (χ1) is 16.9. The molecule has 6 heteroatoms. The van der Waals surface area contributed by atoms with Gasteiger partial charge in [-0.3, -0.25) is 9.36 Å². The first kappa shape index (κ1) is 23.4. The molecule has 4 aromatic rings. The van der Waals surface area contributed by atoms with Crippen LogP contribution in [0.4, 0.5) is 5.69 Å². The van der Waals surface area contributed by atoms with Crippen molar-refractivity contribution < 1.29 is 4.79 Å². The summed E-state index contributed by atoms with van der Waals surface area (Å²) >= 11 is 1.46. The summed E-state index contributed by atoms with van der Waals surface area (Å²) in [6.07, 6.45) is 0.908. The molecule has 0 fully saturated rings. The second kappa shape index (κ2) is 9.70. The zero-order valence-corrected chi connectivity index (χ0v) is 21.3. The summed E-state index contributed by atoms with van der Waals surface area (Å²) in [7, 11) is 0. The predicted octanol–water partition coefficient (Wildman–Crippen LogP) is 5.97. The molecule has 0 bridgehead atoms. The number of fused-ring (bicyclic) bond motifs is 1. The highest BCUT2D eigenvalue weighted by Crippen LogP contribution is 2.31. The lowest BCUT2D eigenvalue weighted by molar-refractivity contribution is -0.116. The van der Waals surface area contributed by atoms with Crippen LogP contribution >= 0.6 is 11.8 Å². The van der Waals surface area contributed by atoms with E-state index in [2.05, 4.69) is 78.0 Å². The van der Waals surface area contributed by atoms with Gasteiger partial charge in [0.15, 0.2) is 11.0 Å². The van der Waals surface area contributed by atoms with Crippen LogP contribution in [-0.4, -0.2) is 33.0 Å². The van der Waals surface area contributed by atoms with Crippen LogP contribution in [0.1, 0.15) is 37.5 Å². The van der Waals surface area contributed by atoms with Gasteiger partial charge in [-0.2, -0.15) is 0 Å². The first-order valence-corrected chi connectivity index (χ1v) is 13.0. The molecular weight excluding hydrogens is 452 g/mol. The minimum absolute atomic E-state index is 0.0891. The third-order valence-corrected chi connectivity index (χ3v) is 7.37. The topological polar surface area (TPSA) is 51.0 Å². The molecule has 5 rings (SSSR count). The van der Waals surface area contributed by atoms with Crippen molar-refractivity contribution in [1.29, 1.82) is 0 Å². The van der Waals surface area contributed by atoms with Crippen LogP contribution in [0.3, 0.4) is 0 Å². The van der Waals surface area contributed by atoms with Gasteiger partial charge >= 0.3 is 0 Å². The molecule has 3 aromatic carbocycles. The Hall–Kier alpha value is -3.38. The summed E-state index contributed by atoms with van der Waals surface area (Å²) < 4.78 is 2.12. The number of carbonyl (C=O) groups is 1. The number of thioether (sulfide) groups is 1. The van der Waals surface area contributed by atoms with E-state index >= 15 is 0 Å². The summed E-state index contributed by atoms with van der Waals surface area (Å²) in [6.45, 7) is 8.02. The van der Waals surface area contributed by atoms with Crippen LogP contribution < -0.4 is 4.90 Å². The molecule has 1 aliphatic heterocycles. The highest BCUT2D eigenvalue weighted by Gasteiger charge is 2.25. The predicted molar refractivity (Wildman–Crippen MR) is 143 cm³/mol. The van der Waals surface area contributed by atoms with Crippen LogP contribution in [0, 0.1) is 0 Å². The summed E-state index contributed by atoms with van der Waals surface area (Å²) in [5.74, 6) is 1.24. The van der Waals surface area contributed by atoms with Gasteiger partial charge in [-0.25, -0.2) is 0 Å². The highest BCUT2D eigenvalue weighted by atomic mass is 32.2. The summed E-state index contributed by atoms with van der Waals surface area (Å²) in [6, 6.07) is 27.0. The lowest BCUT2D eigenvalue weighted by atomic mass is 9.87. The fourth-order valence-electron chi connectivity index (χ4n) is 4.44. The van der Waals surface area contributed by atoms with E-state index in [1.54, 1.807) is 0 Å².